The maximum absolute atomic E-state index is 12.4. The van der Waals surface area contributed by atoms with Crippen LogP contribution in [0.1, 0.15) is 15.2 Å². The Labute approximate surface area is 162 Å². The Morgan fingerprint density at radius 3 is 2.69 bits per heavy atom. The van der Waals surface area contributed by atoms with E-state index in [0.29, 0.717) is 20.9 Å². The van der Waals surface area contributed by atoms with Gasteiger partial charge in [0.2, 0.25) is 0 Å². The maximum Gasteiger partial charge on any atom is 0.310 e. The summed E-state index contributed by atoms with van der Waals surface area (Å²) in [6.45, 7) is 0. The number of methoxy groups -OCH3 is 1. The Morgan fingerprint density at radius 2 is 2.00 bits per heavy atom. The van der Waals surface area contributed by atoms with Crippen LogP contribution >= 0.6 is 27.3 Å². The molecule has 3 rings (SSSR count). The van der Waals surface area contributed by atoms with Crippen molar-refractivity contribution in [2.75, 3.05) is 12.4 Å². The zero-order chi connectivity index (χ0) is 18.5. The largest absolute Gasteiger partial charge is 0.469 e. The van der Waals surface area contributed by atoms with Crippen LogP contribution in [0.25, 0.3) is 11.3 Å². The standard InChI is InChI=1S/C18H14BrN3O3S/c1-25-15(23)8-14-16(11-5-3-2-4-6-11)21-18(26-14)22-17(24)12-7-13(19)10-20-9-12/h2-7,9-10H,8H2,1H3,(H,21,22,24). The van der Waals surface area contributed by atoms with E-state index in [4.69, 9.17) is 4.74 Å². The second-order valence-electron chi connectivity index (χ2n) is 5.26. The number of rotatable bonds is 5. The Kier molecular flexibility index (Phi) is 5.75. The van der Waals surface area contributed by atoms with Gasteiger partial charge in [0.25, 0.3) is 5.91 Å². The first-order valence-electron chi connectivity index (χ1n) is 7.60. The molecule has 26 heavy (non-hydrogen) atoms. The van der Waals surface area contributed by atoms with Crippen LogP contribution in [0.4, 0.5) is 5.13 Å². The fraction of sp³-hybridized carbons (Fsp3) is 0.111. The maximum atomic E-state index is 12.4. The molecule has 1 N–H and O–H groups in total. The van der Waals surface area contributed by atoms with E-state index in [2.05, 4.69) is 31.2 Å². The number of esters is 1. The van der Waals surface area contributed by atoms with Crippen LogP contribution in [0.5, 0.6) is 0 Å². The SMILES string of the molecule is COC(=O)Cc1sc(NC(=O)c2cncc(Br)c2)nc1-c1ccccc1. The summed E-state index contributed by atoms with van der Waals surface area (Å²) in [5, 5.41) is 3.17. The fourth-order valence-corrected chi connectivity index (χ4v) is 3.58. The molecule has 0 saturated carbocycles. The summed E-state index contributed by atoms with van der Waals surface area (Å²) in [5.41, 5.74) is 1.93. The number of aromatic nitrogens is 2. The summed E-state index contributed by atoms with van der Waals surface area (Å²) in [5.74, 6) is -0.684. The number of carbonyl (C=O) groups excluding carboxylic acids is 2. The topological polar surface area (TPSA) is 81.2 Å². The van der Waals surface area contributed by atoms with Crippen LogP contribution in [0.15, 0.2) is 53.3 Å². The Morgan fingerprint density at radius 1 is 1.23 bits per heavy atom. The lowest BCUT2D eigenvalue weighted by Gasteiger charge is -2.01. The normalized spacial score (nSPS) is 10.4. The van der Waals surface area contributed by atoms with Gasteiger partial charge >= 0.3 is 5.97 Å². The summed E-state index contributed by atoms with van der Waals surface area (Å²) >= 11 is 4.54. The van der Waals surface area contributed by atoms with Gasteiger partial charge in [-0.25, -0.2) is 4.98 Å². The minimum Gasteiger partial charge on any atom is -0.469 e. The van der Waals surface area contributed by atoms with E-state index in [1.165, 1.54) is 24.6 Å². The van der Waals surface area contributed by atoms with Gasteiger partial charge < -0.3 is 4.74 Å². The minimum absolute atomic E-state index is 0.0900. The number of thiazole rings is 1. The molecule has 0 aliphatic heterocycles. The molecule has 0 aliphatic carbocycles. The molecule has 1 aromatic carbocycles. The van der Waals surface area contributed by atoms with E-state index in [1.807, 2.05) is 30.3 Å². The third kappa shape index (κ3) is 4.33. The summed E-state index contributed by atoms with van der Waals surface area (Å²) < 4.78 is 5.47. The lowest BCUT2D eigenvalue weighted by Crippen LogP contribution is -2.11. The van der Waals surface area contributed by atoms with Crippen molar-refractivity contribution < 1.29 is 14.3 Å². The van der Waals surface area contributed by atoms with Crippen molar-refractivity contribution in [3.05, 3.63) is 63.7 Å². The quantitative estimate of drug-likeness (QED) is 0.618. The zero-order valence-electron chi connectivity index (χ0n) is 13.7. The molecule has 2 heterocycles. The number of carbonyl (C=O) groups is 2. The average Bonchev–Trinajstić information content (AvgIpc) is 3.04. The van der Waals surface area contributed by atoms with Crippen molar-refractivity contribution in [3.8, 4) is 11.3 Å². The Hall–Kier alpha value is -2.58. The molecule has 1 amide bonds. The van der Waals surface area contributed by atoms with Crippen molar-refractivity contribution in [2.24, 2.45) is 0 Å². The molecule has 0 bridgehead atoms. The molecule has 2 aromatic heterocycles. The second kappa shape index (κ2) is 8.20. The zero-order valence-corrected chi connectivity index (χ0v) is 16.1. The number of anilines is 1. The Bertz CT molecular complexity index is 944. The summed E-state index contributed by atoms with van der Waals surface area (Å²) in [6, 6.07) is 11.2. The van der Waals surface area contributed by atoms with Gasteiger partial charge in [-0.15, -0.1) is 11.3 Å². The highest BCUT2D eigenvalue weighted by Gasteiger charge is 2.18. The molecular formula is C18H14BrN3O3S. The summed E-state index contributed by atoms with van der Waals surface area (Å²) in [6.07, 6.45) is 3.16. The van der Waals surface area contributed by atoms with Gasteiger partial charge in [0.05, 0.1) is 24.8 Å². The third-order valence-corrected chi connectivity index (χ3v) is 4.87. The molecule has 3 aromatic rings. The average molecular weight is 432 g/mol. The van der Waals surface area contributed by atoms with Crippen molar-refractivity contribution >= 4 is 44.3 Å². The van der Waals surface area contributed by atoms with Gasteiger partial charge in [-0.3, -0.25) is 19.9 Å². The van der Waals surface area contributed by atoms with E-state index in [1.54, 1.807) is 12.3 Å². The Balaban J connectivity index is 1.90. The van der Waals surface area contributed by atoms with Crippen molar-refractivity contribution in [3.63, 3.8) is 0 Å². The number of amides is 1. The third-order valence-electron chi connectivity index (χ3n) is 3.46. The molecule has 0 radical (unpaired) electrons. The number of nitrogens with zero attached hydrogens (tertiary/aromatic N) is 2. The van der Waals surface area contributed by atoms with Crippen LogP contribution in [-0.2, 0) is 16.0 Å². The van der Waals surface area contributed by atoms with Crippen molar-refractivity contribution in [2.45, 2.75) is 6.42 Å². The number of hydrogen-bond acceptors (Lipinski definition) is 6. The van der Waals surface area contributed by atoms with Gasteiger partial charge in [-0.1, -0.05) is 30.3 Å². The van der Waals surface area contributed by atoms with Gasteiger partial charge in [-0.05, 0) is 22.0 Å². The molecular weight excluding hydrogens is 418 g/mol. The molecule has 0 unspecified atom stereocenters. The molecule has 132 valence electrons. The van der Waals surface area contributed by atoms with Crippen molar-refractivity contribution in [1.29, 1.82) is 0 Å². The van der Waals surface area contributed by atoms with Crippen LogP contribution in [0, 0.1) is 0 Å². The van der Waals surface area contributed by atoms with E-state index in [9.17, 15) is 9.59 Å². The number of pyridine rings is 1. The number of benzene rings is 1. The monoisotopic (exact) mass is 431 g/mol. The number of hydrogen-bond donors (Lipinski definition) is 1. The van der Waals surface area contributed by atoms with Crippen molar-refractivity contribution in [1.82, 2.24) is 9.97 Å². The number of nitrogens with one attached hydrogen (secondary N) is 1. The number of halogens is 1. The molecule has 6 nitrogen and oxygen atoms in total. The van der Waals surface area contributed by atoms with E-state index < -0.39 is 0 Å². The van der Waals surface area contributed by atoms with E-state index in [0.717, 1.165) is 10.4 Å². The molecule has 0 fully saturated rings. The summed E-state index contributed by atoms with van der Waals surface area (Å²) in [4.78, 5) is 33.3. The summed E-state index contributed by atoms with van der Waals surface area (Å²) in [7, 11) is 1.34. The molecule has 0 spiro atoms. The van der Waals surface area contributed by atoms with Crippen LogP contribution in [-0.4, -0.2) is 29.0 Å². The highest BCUT2D eigenvalue weighted by Crippen LogP contribution is 2.32. The van der Waals surface area contributed by atoms with Crippen LogP contribution in [0.2, 0.25) is 0 Å². The minimum atomic E-state index is -0.361. The van der Waals surface area contributed by atoms with Crippen LogP contribution < -0.4 is 5.32 Å². The molecule has 0 saturated heterocycles. The number of ether oxygens (including phenoxy) is 1. The van der Waals surface area contributed by atoms with Gasteiger partial charge in [-0.2, -0.15) is 0 Å². The van der Waals surface area contributed by atoms with Gasteiger partial charge in [0, 0.05) is 27.3 Å². The van der Waals surface area contributed by atoms with Gasteiger partial charge in [0.15, 0.2) is 5.13 Å². The van der Waals surface area contributed by atoms with Gasteiger partial charge in [0.1, 0.15) is 0 Å². The predicted molar refractivity (Wildman–Crippen MR) is 103 cm³/mol. The van der Waals surface area contributed by atoms with Crippen LogP contribution in [0.3, 0.4) is 0 Å². The fourth-order valence-electron chi connectivity index (χ4n) is 2.26. The van der Waals surface area contributed by atoms with E-state index in [-0.39, 0.29) is 18.3 Å². The molecule has 0 aliphatic rings. The predicted octanol–water partition coefficient (Wildman–Crippen LogP) is 3.94. The lowest BCUT2D eigenvalue weighted by atomic mass is 10.1. The highest BCUT2D eigenvalue weighted by molar-refractivity contribution is 9.10. The molecule has 0 atom stereocenters. The van der Waals surface area contributed by atoms with E-state index >= 15 is 0 Å². The molecule has 8 heteroatoms. The second-order valence-corrected chi connectivity index (χ2v) is 7.25. The first-order chi connectivity index (χ1) is 12.6. The first kappa shape index (κ1) is 18.2. The smallest absolute Gasteiger partial charge is 0.310 e. The first-order valence-corrected chi connectivity index (χ1v) is 9.21. The highest BCUT2D eigenvalue weighted by atomic mass is 79.9. The lowest BCUT2D eigenvalue weighted by molar-refractivity contribution is -0.139.